The van der Waals surface area contributed by atoms with E-state index in [1.54, 1.807) is 32.0 Å². The average Bonchev–Trinajstić information content (AvgIpc) is 2.50. The maximum Gasteiger partial charge on any atom is 0.471 e. The van der Waals surface area contributed by atoms with Crippen LogP contribution in [0.25, 0.3) is 0 Å². The lowest BCUT2D eigenvalue weighted by Crippen LogP contribution is -2.40. The number of alkyl halides is 3. The first-order valence-corrected chi connectivity index (χ1v) is 7.57. The minimum Gasteiger partial charge on any atom is -0.331 e. The highest BCUT2D eigenvalue weighted by Crippen LogP contribution is 2.21. The van der Waals surface area contributed by atoms with E-state index in [0.717, 1.165) is 0 Å². The summed E-state index contributed by atoms with van der Waals surface area (Å²) in [5, 5.41) is 2.67. The number of carbonyl (C=O) groups is 2. The second-order valence-electron chi connectivity index (χ2n) is 5.65. The molecule has 0 fully saturated rings. The number of hydrogen-bond donors (Lipinski definition) is 2. The molecule has 0 aliphatic rings. The van der Waals surface area contributed by atoms with Crippen LogP contribution < -0.4 is 11.1 Å². The normalized spacial score (nSPS) is 14.0. The standard InChI is InChI=1S/C16H22F3N3O2/c1-4-22(15(24)16(17,18)19)9-12-6-5-7-13(8-12)21-14(23)10(2)11(3)20/h5-8,10-11H,4,9,20H2,1-3H3,(H,21,23). The molecule has 2 atom stereocenters. The van der Waals surface area contributed by atoms with E-state index in [1.165, 1.54) is 13.0 Å². The van der Waals surface area contributed by atoms with Crippen molar-refractivity contribution in [2.24, 2.45) is 11.7 Å². The summed E-state index contributed by atoms with van der Waals surface area (Å²) in [5.74, 6) is -2.57. The fourth-order valence-electron chi connectivity index (χ4n) is 1.97. The van der Waals surface area contributed by atoms with Gasteiger partial charge in [0.25, 0.3) is 0 Å². The van der Waals surface area contributed by atoms with E-state index in [2.05, 4.69) is 5.32 Å². The van der Waals surface area contributed by atoms with Gasteiger partial charge in [0.05, 0.1) is 5.92 Å². The van der Waals surface area contributed by atoms with Crippen LogP contribution in [0.1, 0.15) is 26.3 Å². The Morgan fingerprint density at radius 1 is 1.29 bits per heavy atom. The van der Waals surface area contributed by atoms with Gasteiger partial charge in [0.15, 0.2) is 0 Å². The van der Waals surface area contributed by atoms with Crippen molar-refractivity contribution >= 4 is 17.5 Å². The van der Waals surface area contributed by atoms with Crippen molar-refractivity contribution < 1.29 is 22.8 Å². The number of nitrogens with zero attached hydrogens (tertiary/aromatic N) is 1. The van der Waals surface area contributed by atoms with Crippen LogP contribution in [0.5, 0.6) is 0 Å². The maximum absolute atomic E-state index is 12.5. The summed E-state index contributed by atoms with van der Waals surface area (Å²) in [5.41, 5.74) is 6.60. The third-order valence-corrected chi connectivity index (χ3v) is 3.68. The van der Waals surface area contributed by atoms with Gasteiger partial charge in [-0.2, -0.15) is 13.2 Å². The van der Waals surface area contributed by atoms with Gasteiger partial charge < -0.3 is 16.0 Å². The molecule has 134 valence electrons. The Morgan fingerprint density at radius 2 is 1.92 bits per heavy atom. The highest BCUT2D eigenvalue weighted by Gasteiger charge is 2.41. The van der Waals surface area contributed by atoms with E-state index in [9.17, 15) is 22.8 Å². The van der Waals surface area contributed by atoms with E-state index in [4.69, 9.17) is 5.73 Å². The third kappa shape index (κ3) is 5.52. The first kappa shape index (κ1) is 20.0. The van der Waals surface area contributed by atoms with Crippen LogP contribution in [0.3, 0.4) is 0 Å². The van der Waals surface area contributed by atoms with Gasteiger partial charge in [0.1, 0.15) is 0 Å². The van der Waals surface area contributed by atoms with Crippen LogP contribution in [0, 0.1) is 5.92 Å². The van der Waals surface area contributed by atoms with E-state index >= 15 is 0 Å². The summed E-state index contributed by atoms with van der Waals surface area (Å²) in [6.07, 6.45) is -4.91. The number of benzene rings is 1. The van der Waals surface area contributed by atoms with Crippen LogP contribution in [0.15, 0.2) is 24.3 Å². The molecule has 0 saturated heterocycles. The molecule has 0 aromatic heterocycles. The summed E-state index contributed by atoms with van der Waals surface area (Å²) in [4.78, 5) is 24.0. The highest BCUT2D eigenvalue weighted by atomic mass is 19.4. The van der Waals surface area contributed by atoms with Gasteiger partial charge in [0.2, 0.25) is 5.91 Å². The topological polar surface area (TPSA) is 75.4 Å². The maximum atomic E-state index is 12.5. The Morgan fingerprint density at radius 3 is 2.42 bits per heavy atom. The Labute approximate surface area is 139 Å². The quantitative estimate of drug-likeness (QED) is 0.832. The monoisotopic (exact) mass is 345 g/mol. The lowest BCUT2D eigenvalue weighted by molar-refractivity contribution is -0.185. The number of rotatable bonds is 6. The molecule has 0 bridgehead atoms. The molecule has 0 aliphatic carbocycles. The first-order chi connectivity index (χ1) is 11.1. The second kappa shape index (κ2) is 8.14. The van der Waals surface area contributed by atoms with Crippen LogP contribution >= 0.6 is 0 Å². The smallest absolute Gasteiger partial charge is 0.331 e. The number of hydrogen-bond acceptors (Lipinski definition) is 3. The molecule has 5 nitrogen and oxygen atoms in total. The molecule has 3 N–H and O–H groups in total. The molecule has 1 aromatic rings. The van der Waals surface area contributed by atoms with Gasteiger partial charge in [-0.05, 0) is 31.5 Å². The number of carbonyl (C=O) groups excluding carboxylic acids is 2. The molecule has 1 aromatic carbocycles. The highest BCUT2D eigenvalue weighted by molar-refractivity contribution is 5.92. The molecule has 0 heterocycles. The predicted octanol–water partition coefficient (Wildman–Crippen LogP) is 2.52. The Bertz CT molecular complexity index is 588. The fourth-order valence-corrected chi connectivity index (χ4v) is 1.97. The molecule has 2 unspecified atom stereocenters. The molecule has 2 amide bonds. The number of anilines is 1. The summed E-state index contributed by atoms with van der Waals surface area (Å²) in [6.45, 7) is 4.60. The van der Waals surface area contributed by atoms with Crippen molar-refractivity contribution in [1.29, 1.82) is 0 Å². The second-order valence-corrected chi connectivity index (χ2v) is 5.65. The number of amides is 2. The van der Waals surface area contributed by atoms with E-state index in [-0.39, 0.29) is 25.0 Å². The Kier molecular flexibility index (Phi) is 6.77. The zero-order valence-electron chi connectivity index (χ0n) is 13.9. The summed E-state index contributed by atoms with van der Waals surface area (Å²) < 4.78 is 37.6. The molecular weight excluding hydrogens is 323 g/mol. The van der Waals surface area contributed by atoms with Crippen LogP contribution in [0.4, 0.5) is 18.9 Å². The minimum absolute atomic E-state index is 0.0728. The molecule has 0 spiro atoms. The van der Waals surface area contributed by atoms with Gasteiger partial charge in [0, 0.05) is 24.8 Å². The average molecular weight is 345 g/mol. The lowest BCUT2D eigenvalue weighted by Gasteiger charge is -2.22. The van der Waals surface area contributed by atoms with E-state index in [0.29, 0.717) is 16.2 Å². The Hall–Kier alpha value is -2.09. The van der Waals surface area contributed by atoms with Crippen LogP contribution in [-0.2, 0) is 16.1 Å². The number of nitrogens with one attached hydrogen (secondary N) is 1. The SMILES string of the molecule is CCN(Cc1cccc(NC(=O)C(C)C(C)N)c1)C(=O)C(F)(F)F. The molecule has 1 rings (SSSR count). The fraction of sp³-hybridized carbons (Fsp3) is 0.500. The molecule has 8 heteroatoms. The number of nitrogens with two attached hydrogens (primary N) is 1. The van der Waals surface area contributed by atoms with Gasteiger partial charge >= 0.3 is 12.1 Å². The zero-order chi connectivity index (χ0) is 18.5. The summed E-state index contributed by atoms with van der Waals surface area (Å²) in [6, 6.07) is 6.03. The van der Waals surface area contributed by atoms with Crippen molar-refractivity contribution in [3.05, 3.63) is 29.8 Å². The van der Waals surface area contributed by atoms with Crippen molar-refractivity contribution in [3.63, 3.8) is 0 Å². The molecule has 0 saturated carbocycles. The van der Waals surface area contributed by atoms with E-state index < -0.39 is 18.0 Å². The molecule has 0 radical (unpaired) electrons. The van der Waals surface area contributed by atoms with Gasteiger partial charge in [-0.1, -0.05) is 19.1 Å². The predicted molar refractivity (Wildman–Crippen MR) is 85.0 cm³/mol. The lowest BCUT2D eigenvalue weighted by atomic mass is 10.0. The Balaban J connectivity index is 2.85. The van der Waals surface area contributed by atoms with Gasteiger partial charge in [-0.15, -0.1) is 0 Å². The van der Waals surface area contributed by atoms with Crippen LogP contribution in [0.2, 0.25) is 0 Å². The third-order valence-electron chi connectivity index (χ3n) is 3.68. The van der Waals surface area contributed by atoms with E-state index in [1.807, 2.05) is 0 Å². The molecule has 0 aliphatic heterocycles. The largest absolute Gasteiger partial charge is 0.471 e. The van der Waals surface area contributed by atoms with Crippen molar-refractivity contribution in [1.82, 2.24) is 4.90 Å². The van der Waals surface area contributed by atoms with Crippen molar-refractivity contribution in [2.45, 2.75) is 39.5 Å². The molecular formula is C16H22F3N3O2. The zero-order valence-corrected chi connectivity index (χ0v) is 13.9. The first-order valence-electron chi connectivity index (χ1n) is 7.57. The van der Waals surface area contributed by atoms with Crippen LogP contribution in [-0.4, -0.2) is 35.5 Å². The van der Waals surface area contributed by atoms with Gasteiger partial charge in [-0.25, -0.2) is 0 Å². The van der Waals surface area contributed by atoms with Gasteiger partial charge in [-0.3, -0.25) is 9.59 Å². The van der Waals surface area contributed by atoms with Crippen molar-refractivity contribution in [3.8, 4) is 0 Å². The number of halogens is 3. The summed E-state index contributed by atoms with van der Waals surface area (Å²) in [7, 11) is 0. The molecule has 24 heavy (non-hydrogen) atoms. The minimum atomic E-state index is -4.91. The summed E-state index contributed by atoms with van der Waals surface area (Å²) >= 11 is 0. The van der Waals surface area contributed by atoms with Crippen molar-refractivity contribution in [2.75, 3.05) is 11.9 Å².